The summed E-state index contributed by atoms with van der Waals surface area (Å²) in [6.45, 7) is 1.62. The molecule has 0 saturated carbocycles. The zero-order valence-electron chi connectivity index (χ0n) is 33.1. The van der Waals surface area contributed by atoms with Crippen LogP contribution in [0.15, 0.2) is 158 Å². The Bertz CT molecular complexity index is 2830. The largest absolute Gasteiger partial charge is 0.505 e. The van der Waals surface area contributed by atoms with Crippen LogP contribution in [-0.2, 0) is 9.59 Å². The summed E-state index contributed by atoms with van der Waals surface area (Å²) < 4.78 is 11.1. The van der Waals surface area contributed by atoms with Gasteiger partial charge in [-0.2, -0.15) is 0 Å². The summed E-state index contributed by atoms with van der Waals surface area (Å²) in [6.07, 6.45) is 3.16. The normalized spacial score (nSPS) is 11.8. The summed E-state index contributed by atoms with van der Waals surface area (Å²) in [5.41, 5.74) is 4.09. The van der Waals surface area contributed by atoms with Crippen LogP contribution < -0.4 is 20.1 Å². The smallest absolute Gasteiger partial charge is 0.258 e. The molecule has 0 bridgehead atoms. The number of halogens is 3. The summed E-state index contributed by atoms with van der Waals surface area (Å²) in [5.74, 6) is 0.374. The van der Waals surface area contributed by atoms with Gasteiger partial charge in [0.05, 0.1) is 22.1 Å². The highest BCUT2D eigenvalue weighted by molar-refractivity contribution is 6.36. The second-order valence-corrected chi connectivity index (χ2v) is 15.2. The Morgan fingerprint density at radius 2 is 1.00 bits per heavy atom. The van der Waals surface area contributed by atoms with E-state index in [4.69, 9.17) is 44.3 Å². The van der Waals surface area contributed by atoms with Gasteiger partial charge in [0.25, 0.3) is 11.8 Å². The van der Waals surface area contributed by atoms with E-state index >= 15 is 0 Å². The molecule has 2 amide bonds. The van der Waals surface area contributed by atoms with Gasteiger partial charge in [-0.15, -0.1) is 0 Å². The van der Waals surface area contributed by atoms with E-state index in [0.29, 0.717) is 65.1 Å². The number of aryl methyl sites for hydroxylation is 1. The molecular formula is C49H39Cl3N4O6. The summed E-state index contributed by atoms with van der Waals surface area (Å²) in [4.78, 5) is 34.0. The number of fused-ring (bicyclic) bond motifs is 2. The molecule has 0 aliphatic rings. The molecule has 0 aliphatic carbocycles. The van der Waals surface area contributed by atoms with Crippen molar-refractivity contribution in [3.05, 3.63) is 201 Å². The second kappa shape index (κ2) is 20.1. The zero-order valence-corrected chi connectivity index (χ0v) is 35.4. The van der Waals surface area contributed by atoms with Crippen molar-refractivity contribution < 1.29 is 29.3 Å². The predicted molar refractivity (Wildman–Crippen MR) is 243 cm³/mol. The molecule has 2 unspecified atom stereocenters. The Kier molecular flexibility index (Phi) is 14.0. The van der Waals surface area contributed by atoms with Crippen LogP contribution in [0, 0.1) is 6.92 Å². The summed E-state index contributed by atoms with van der Waals surface area (Å²) >= 11 is 19.4. The van der Waals surface area contributed by atoms with Crippen LogP contribution in [0.3, 0.4) is 0 Å². The van der Waals surface area contributed by atoms with Crippen molar-refractivity contribution in [1.82, 2.24) is 20.6 Å². The number of nitrogens with one attached hydrogen (secondary N) is 2. The number of para-hydroxylation sites is 2. The fourth-order valence-corrected chi connectivity index (χ4v) is 7.51. The molecule has 0 radical (unpaired) electrons. The van der Waals surface area contributed by atoms with Crippen molar-refractivity contribution in [3.63, 3.8) is 0 Å². The van der Waals surface area contributed by atoms with E-state index in [-0.39, 0.29) is 36.5 Å². The first-order valence-electron chi connectivity index (χ1n) is 19.3. The number of nitrogens with zero attached hydrogens (tertiary/aromatic N) is 2. The number of benzene rings is 6. The maximum atomic E-state index is 12.7. The van der Waals surface area contributed by atoms with Crippen LogP contribution in [0.2, 0.25) is 15.1 Å². The summed E-state index contributed by atoms with van der Waals surface area (Å²) in [5, 5.41) is 30.4. The number of hydrogen-bond donors (Lipinski definition) is 4. The molecule has 13 heteroatoms. The third kappa shape index (κ3) is 10.4. The average molecular weight is 886 g/mol. The first kappa shape index (κ1) is 43.2. The molecule has 8 aromatic rings. The van der Waals surface area contributed by atoms with E-state index in [1.807, 2.05) is 67.6 Å². The van der Waals surface area contributed by atoms with E-state index in [1.54, 1.807) is 97.3 Å². The van der Waals surface area contributed by atoms with Crippen molar-refractivity contribution in [2.45, 2.75) is 19.0 Å². The number of pyridine rings is 2. The van der Waals surface area contributed by atoms with Crippen molar-refractivity contribution in [1.29, 1.82) is 0 Å². The van der Waals surface area contributed by atoms with Crippen molar-refractivity contribution in [3.8, 4) is 23.0 Å². The maximum Gasteiger partial charge on any atom is 0.258 e. The Morgan fingerprint density at radius 3 is 1.50 bits per heavy atom. The quantitative estimate of drug-likeness (QED) is 0.0950. The molecule has 2 heterocycles. The van der Waals surface area contributed by atoms with Gasteiger partial charge in [-0.25, -0.2) is 0 Å². The Morgan fingerprint density at radius 1 is 0.548 bits per heavy atom. The maximum absolute atomic E-state index is 12.7. The molecule has 8 rings (SSSR count). The molecular weight excluding hydrogens is 847 g/mol. The fourth-order valence-electron chi connectivity index (χ4n) is 6.72. The van der Waals surface area contributed by atoms with Gasteiger partial charge in [-0.05, 0) is 84.8 Å². The lowest BCUT2D eigenvalue weighted by molar-refractivity contribution is -0.124. The molecule has 6 aromatic carbocycles. The fraction of sp³-hybridized carbons (Fsp3) is 0.102. The van der Waals surface area contributed by atoms with Gasteiger partial charge in [-0.3, -0.25) is 19.6 Å². The molecule has 0 saturated heterocycles. The number of amides is 2. The van der Waals surface area contributed by atoms with Crippen LogP contribution in [0.25, 0.3) is 21.8 Å². The lowest BCUT2D eigenvalue weighted by atomic mass is 9.95. The summed E-state index contributed by atoms with van der Waals surface area (Å²) in [7, 11) is 0. The number of phenols is 2. The van der Waals surface area contributed by atoms with Crippen molar-refractivity contribution in [2.24, 2.45) is 0 Å². The van der Waals surface area contributed by atoms with Gasteiger partial charge in [0, 0.05) is 39.3 Å². The third-order valence-electron chi connectivity index (χ3n) is 9.78. The molecule has 10 nitrogen and oxygen atoms in total. The predicted octanol–water partition coefficient (Wildman–Crippen LogP) is 10.7. The van der Waals surface area contributed by atoms with Gasteiger partial charge in [0.15, 0.2) is 13.2 Å². The number of aromatic hydroxyl groups is 2. The topological polar surface area (TPSA) is 143 Å². The highest BCUT2D eigenvalue weighted by Crippen LogP contribution is 2.41. The molecule has 2 aromatic heterocycles. The molecule has 2 atom stereocenters. The van der Waals surface area contributed by atoms with E-state index in [1.165, 1.54) is 0 Å². The van der Waals surface area contributed by atoms with Gasteiger partial charge < -0.3 is 30.3 Å². The summed E-state index contributed by atoms with van der Waals surface area (Å²) in [6, 6.07) is 41.9. The zero-order chi connectivity index (χ0) is 43.6. The van der Waals surface area contributed by atoms with E-state index < -0.39 is 12.1 Å². The van der Waals surface area contributed by atoms with Gasteiger partial charge in [0.2, 0.25) is 0 Å². The standard InChI is InChI=1S/C25H21ClN2O3.C24H18Cl2N2O3/c1-16-9-11-17(12-10-16)23(28-22(29)15-31-18-6-3-2-4-7-18)20-14-21(26)19-8-5-13-27-24(19)25(20)30;25-19-11-5-4-9-16(19)22(28-21(29)14-31-15-7-2-1-3-8-15)18-13-20(26)17-10-6-12-27-23(17)24(18)30/h2-14,23,30H,15H2,1H3,(H,28,29);1-13,22,30H,14H2,(H,28,29). The Balaban J connectivity index is 0.000000186. The minimum atomic E-state index is -0.760. The number of phenolic OH excluding ortho intramolecular Hbond substituents is 2. The molecule has 62 heavy (non-hydrogen) atoms. The van der Waals surface area contributed by atoms with E-state index in [9.17, 15) is 19.8 Å². The highest BCUT2D eigenvalue weighted by atomic mass is 35.5. The second-order valence-electron chi connectivity index (χ2n) is 14.0. The average Bonchev–Trinajstić information content (AvgIpc) is 3.30. The minimum Gasteiger partial charge on any atom is -0.505 e. The lowest BCUT2D eigenvalue weighted by Crippen LogP contribution is -2.33. The van der Waals surface area contributed by atoms with Crippen LogP contribution >= 0.6 is 34.8 Å². The monoisotopic (exact) mass is 884 g/mol. The SMILES string of the molecule is Cc1ccc(C(NC(=O)COc2ccccc2)c2cc(Cl)c3cccnc3c2O)cc1.O=C(COc1ccccc1)NC(c1ccccc1Cl)c1cc(Cl)c2cccnc2c1O. The van der Waals surface area contributed by atoms with Crippen LogP contribution in [0.1, 0.15) is 39.9 Å². The molecule has 312 valence electrons. The minimum absolute atomic E-state index is 0.0187. The van der Waals surface area contributed by atoms with Crippen molar-refractivity contribution >= 4 is 68.4 Å². The van der Waals surface area contributed by atoms with Gasteiger partial charge in [0.1, 0.15) is 34.0 Å². The number of aromatic nitrogens is 2. The van der Waals surface area contributed by atoms with E-state index in [0.717, 1.165) is 11.1 Å². The Labute approximate surface area is 372 Å². The first-order chi connectivity index (χ1) is 30.1. The Hall–Kier alpha value is -6.85. The molecule has 0 fully saturated rings. The third-order valence-corrected chi connectivity index (χ3v) is 10.7. The van der Waals surface area contributed by atoms with Gasteiger partial charge >= 0.3 is 0 Å². The number of carbonyl (C=O) groups excluding carboxylic acids is 2. The molecule has 0 spiro atoms. The molecule has 0 aliphatic heterocycles. The molecule has 4 N–H and O–H groups in total. The van der Waals surface area contributed by atoms with Crippen LogP contribution in [0.5, 0.6) is 23.0 Å². The van der Waals surface area contributed by atoms with Crippen LogP contribution in [-0.4, -0.2) is 45.2 Å². The number of hydrogen-bond acceptors (Lipinski definition) is 8. The first-order valence-corrected chi connectivity index (χ1v) is 20.5. The lowest BCUT2D eigenvalue weighted by Gasteiger charge is -2.23. The van der Waals surface area contributed by atoms with Crippen molar-refractivity contribution in [2.75, 3.05) is 13.2 Å². The number of rotatable bonds is 12. The highest BCUT2D eigenvalue weighted by Gasteiger charge is 2.26. The number of ether oxygens (including phenoxy) is 2. The number of carbonyl (C=O) groups is 2. The van der Waals surface area contributed by atoms with E-state index in [2.05, 4.69) is 20.6 Å². The van der Waals surface area contributed by atoms with Crippen LogP contribution in [0.4, 0.5) is 0 Å². The van der Waals surface area contributed by atoms with Gasteiger partial charge in [-0.1, -0.05) is 119 Å².